The Morgan fingerprint density at radius 2 is 1.92 bits per heavy atom. The van der Waals surface area contributed by atoms with Gasteiger partial charge in [-0.2, -0.15) is 0 Å². The maximum Gasteiger partial charge on any atom is 0.222 e. The van der Waals surface area contributed by atoms with Crippen molar-refractivity contribution >= 4 is 5.91 Å². The van der Waals surface area contributed by atoms with Crippen molar-refractivity contribution in [1.82, 2.24) is 10.2 Å². The number of hydrogen-bond acceptors (Lipinski definition) is 5. The van der Waals surface area contributed by atoms with E-state index >= 15 is 0 Å². The first-order valence-corrected chi connectivity index (χ1v) is 14.4. The number of methoxy groups -OCH3 is 1. The molecule has 2 aromatic carbocycles. The van der Waals surface area contributed by atoms with E-state index in [0.717, 1.165) is 45.2 Å². The number of nitrogens with one attached hydrogen (secondary N) is 1. The lowest BCUT2D eigenvalue weighted by atomic mass is 9.73. The summed E-state index contributed by atoms with van der Waals surface area (Å²) in [5.41, 5.74) is -0.482. The smallest absolute Gasteiger partial charge is 0.222 e. The van der Waals surface area contributed by atoms with Crippen molar-refractivity contribution in [2.24, 2.45) is 17.8 Å². The summed E-state index contributed by atoms with van der Waals surface area (Å²) in [6.45, 7) is 7.06. The molecule has 1 heterocycles. The predicted octanol–water partition coefficient (Wildman–Crippen LogP) is 6.13. The quantitative estimate of drug-likeness (QED) is 0.265. The molecule has 0 saturated carbocycles. The Morgan fingerprint density at radius 3 is 2.62 bits per heavy atom. The number of hydrogen-bond donors (Lipinski definition) is 2. The molecule has 6 nitrogen and oxygen atoms in total. The predicted molar refractivity (Wildman–Crippen MR) is 153 cm³/mol. The van der Waals surface area contributed by atoms with E-state index < -0.39 is 5.60 Å². The highest BCUT2D eigenvalue weighted by molar-refractivity contribution is 5.76. The van der Waals surface area contributed by atoms with Crippen molar-refractivity contribution in [3.05, 3.63) is 59.9 Å². The fraction of sp³-hybridized carbons (Fsp3) is 0.594. The largest absolute Gasteiger partial charge is 0.457 e. The highest BCUT2D eigenvalue weighted by Crippen LogP contribution is 2.44. The zero-order chi connectivity index (χ0) is 28.3. The van der Waals surface area contributed by atoms with Gasteiger partial charge in [0.25, 0.3) is 0 Å². The average Bonchev–Trinajstić information content (AvgIpc) is 2.92. The molecule has 216 valence electrons. The number of nitrogens with zero attached hydrogens (tertiary/aromatic N) is 1. The molecule has 3 rings (SSSR count). The van der Waals surface area contributed by atoms with Gasteiger partial charge in [-0.15, -0.1) is 0 Å². The normalized spacial score (nSPS) is 18.1. The molecule has 2 N–H and O–H groups in total. The van der Waals surface area contributed by atoms with Crippen molar-refractivity contribution in [1.29, 1.82) is 0 Å². The molecule has 0 unspecified atom stereocenters. The number of piperidine rings is 1. The van der Waals surface area contributed by atoms with Gasteiger partial charge < -0.3 is 24.8 Å². The highest BCUT2D eigenvalue weighted by atomic mass is 19.1. The second kappa shape index (κ2) is 15.3. The molecule has 7 heteroatoms. The van der Waals surface area contributed by atoms with Crippen LogP contribution in [-0.2, 0) is 15.1 Å². The number of carbonyl (C=O) groups excluding carboxylic acids is 1. The third-order valence-corrected chi connectivity index (χ3v) is 7.76. The fourth-order valence-corrected chi connectivity index (χ4v) is 5.91. The van der Waals surface area contributed by atoms with Crippen LogP contribution < -0.4 is 10.1 Å². The summed E-state index contributed by atoms with van der Waals surface area (Å²) in [4.78, 5) is 15.4. The number of halogens is 1. The number of benzene rings is 2. The first-order chi connectivity index (χ1) is 18.8. The number of para-hydroxylation sites is 1. The summed E-state index contributed by atoms with van der Waals surface area (Å²) in [5.74, 6) is 1.57. The highest BCUT2D eigenvalue weighted by Gasteiger charge is 2.43. The third-order valence-electron chi connectivity index (χ3n) is 7.76. The second-order valence-corrected chi connectivity index (χ2v) is 11.4. The molecule has 0 aromatic heterocycles. The Bertz CT molecular complexity index is 1020. The maximum atomic E-state index is 13.5. The van der Waals surface area contributed by atoms with E-state index in [9.17, 15) is 14.3 Å². The maximum absolute atomic E-state index is 13.5. The first-order valence-electron chi connectivity index (χ1n) is 14.4. The van der Waals surface area contributed by atoms with Crippen molar-refractivity contribution in [2.45, 2.75) is 64.4 Å². The Labute approximate surface area is 233 Å². The van der Waals surface area contributed by atoms with Crippen molar-refractivity contribution < 1.29 is 23.8 Å². The summed E-state index contributed by atoms with van der Waals surface area (Å²) in [5, 5.41) is 15.7. The molecule has 1 aliphatic rings. The SMILES string of the molecule is CNC[C@@H](CC(=O)N1CCC[C@@H]([C@@](O)(CCCCOC)c2ccccc2Oc2ccc(F)cc2)C1)CC(C)C. The van der Waals surface area contributed by atoms with E-state index in [4.69, 9.17) is 9.47 Å². The number of rotatable bonds is 15. The van der Waals surface area contributed by atoms with Crippen LogP contribution in [0.2, 0.25) is 0 Å². The van der Waals surface area contributed by atoms with Crippen LogP contribution in [0.15, 0.2) is 48.5 Å². The van der Waals surface area contributed by atoms with Gasteiger partial charge in [0, 0.05) is 44.7 Å². The van der Waals surface area contributed by atoms with Crippen molar-refractivity contribution in [2.75, 3.05) is 40.4 Å². The van der Waals surface area contributed by atoms with E-state index in [2.05, 4.69) is 19.2 Å². The Morgan fingerprint density at radius 1 is 1.18 bits per heavy atom. The van der Waals surface area contributed by atoms with Crippen LogP contribution in [0.25, 0.3) is 0 Å². The van der Waals surface area contributed by atoms with Crippen LogP contribution in [0.5, 0.6) is 11.5 Å². The van der Waals surface area contributed by atoms with Crippen molar-refractivity contribution in [3.8, 4) is 11.5 Å². The minimum atomic E-state index is -1.19. The molecule has 0 spiro atoms. The zero-order valence-electron chi connectivity index (χ0n) is 24.1. The molecular weight excluding hydrogens is 495 g/mol. The molecule has 2 aromatic rings. The van der Waals surface area contributed by atoms with Crippen LogP contribution in [0.1, 0.15) is 64.4 Å². The van der Waals surface area contributed by atoms with Gasteiger partial charge in [-0.3, -0.25) is 4.79 Å². The van der Waals surface area contributed by atoms with E-state index in [-0.39, 0.29) is 17.6 Å². The van der Waals surface area contributed by atoms with Gasteiger partial charge in [-0.05, 0) is 94.3 Å². The molecular formula is C32H47FN2O4. The topological polar surface area (TPSA) is 71.0 Å². The first kappa shape index (κ1) is 31.1. The zero-order valence-corrected chi connectivity index (χ0v) is 24.1. The number of aliphatic hydroxyl groups is 1. The van der Waals surface area contributed by atoms with E-state index in [1.54, 1.807) is 19.2 Å². The van der Waals surface area contributed by atoms with Crippen LogP contribution >= 0.6 is 0 Å². The van der Waals surface area contributed by atoms with Gasteiger partial charge in [0.15, 0.2) is 0 Å². The summed E-state index contributed by atoms with van der Waals surface area (Å²) in [6.07, 6.45) is 5.32. The van der Waals surface area contributed by atoms with Gasteiger partial charge in [0.2, 0.25) is 5.91 Å². The van der Waals surface area contributed by atoms with Crippen LogP contribution in [-0.4, -0.2) is 56.3 Å². The average molecular weight is 543 g/mol. The molecule has 1 aliphatic heterocycles. The van der Waals surface area contributed by atoms with Gasteiger partial charge >= 0.3 is 0 Å². The summed E-state index contributed by atoms with van der Waals surface area (Å²) in [7, 11) is 3.62. The molecule has 39 heavy (non-hydrogen) atoms. The van der Waals surface area contributed by atoms with Crippen LogP contribution in [0.3, 0.4) is 0 Å². The molecule has 1 amide bonds. The lowest BCUT2D eigenvalue weighted by Crippen LogP contribution is -2.48. The summed E-state index contributed by atoms with van der Waals surface area (Å²) >= 11 is 0. The summed E-state index contributed by atoms with van der Waals surface area (Å²) < 4.78 is 24.9. The Kier molecular flexibility index (Phi) is 12.2. The van der Waals surface area contributed by atoms with Gasteiger partial charge in [-0.1, -0.05) is 32.0 Å². The summed E-state index contributed by atoms with van der Waals surface area (Å²) in [6, 6.07) is 13.4. The Hall–Kier alpha value is -2.48. The monoisotopic (exact) mass is 542 g/mol. The molecule has 1 fully saturated rings. The number of ether oxygens (including phenoxy) is 2. The number of likely N-dealkylation sites (tertiary alicyclic amines) is 1. The Balaban J connectivity index is 1.85. The fourth-order valence-electron chi connectivity index (χ4n) is 5.91. The van der Waals surface area contributed by atoms with Crippen molar-refractivity contribution in [3.63, 3.8) is 0 Å². The minimum absolute atomic E-state index is 0.136. The van der Waals surface area contributed by atoms with Crippen LogP contribution in [0, 0.1) is 23.6 Å². The molecule has 3 atom stereocenters. The van der Waals surface area contributed by atoms with Gasteiger partial charge in [-0.25, -0.2) is 4.39 Å². The molecule has 1 saturated heterocycles. The lowest BCUT2D eigenvalue weighted by Gasteiger charge is -2.43. The molecule has 0 bridgehead atoms. The molecule has 0 radical (unpaired) electrons. The third kappa shape index (κ3) is 9.02. The molecule has 0 aliphatic carbocycles. The standard InChI is InChI=1S/C32H47FN2O4/c1-24(2)20-25(22-34-3)21-31(36)35-18-9-10-26(23-35)32(37,17-7-8-19-38-4)29-11-5-6-12-30(29)39-28-15-13-27(33)14-16-28/h5-6,11-16,24-26,34,37H,7-10,17-23H2,1-4H3/t25-,26-,32+/m1/s1. The number of carbonyl (C=O) groups is 1. The van der Waals surface area contributed by atoms with Gasteiger partial charge in [0.1, 0.15) is 17.3 Å². The van der Waals surface area contributed by atoms with Gasteiger partial charge in [0.05, 0.1) is 5.60 Å². The van der Waals surface area contributed by atoms with Crippen LogP contribution in [0.4, 0.5) is 4.39 Å². The van der Waals surface area contributed by atoms with E-state index in [1.807, 2.05) is 36.2 Å². The van der Waals surface area contributed by atoms with E-state index in [0.29, 0.717) is 54.9 Å². The minimum Gasteiger partial charge on any atom is -0.457 e. The lowest BCUT2D eigenvalue weighted by molar-refractivity contribution is -0.138. The van der Waals surface area contributed by atoms with E-state index in [1.165, 1.54) is 12.1 Å². The number of amides is 1. The number of unbranched alkanes of at least 4 members (excludes halogenated alkanes) is 1. The second-order valence-electron chi connectivity index (χ2n) is 11.4.